The molecule has 2 rings (SSSR count). The zero-order valence-corrected chi connectivity index (χ0v) is 13.2. The molecule has 124 valence electrons. The second-order valence-corrected chi connectivity index (χ2v) is 6.02. The molecule has 1 aromatic rings. The Hall–Kier alpha value is -1.07. The van der Waals surface area contributed by atoms with Crippen LogP contribution in [0.5, 0.6) is 0 Å². The third kappa shape index (κ3) is 3.46. The molecular formula is C17H23F3O2. The fraction of sp³-hybridized carbons (Fsp3) is 0.647. The van der Waals surface area contributed by atoms with Gasteiger partial charge in [0.05, 0.1) is 0 Å². The molecule has 0 saturated carbocycles. The van der Waals surface area contributed by atoms with Gasteiger partial charge in [-0.1, -0.05) is 38.1 Å². The molecule has 0 spiro atoms. The van der Waals surface area contributed by atoms with E-state index in [-0.39, 0.29) is 5.56 Å². The van der Waals surface area contributed by atoms with Crippen LogP contribution >= 0.6 is 0 Å². The van der Waals surface area contributed by atoms with E-state index < -0.39 is 18.1 Å². The molecule has 1 aliphatic heterocycles. The Morgan fingerprint density at radius 3 is 2.36 bits per heavy atom. The van der Waals surface area contributed by atoms with Gasteiger partial charge in [-0.3, -0.25) is 0 Å². The molecule has 5 heteroatoms. The van der Waals surface area contributed by atoms with Crippen molar-refractivity contribution in [3.05, 3.63) is 35.4 Å². The van der Waals surface area contributed by atoms with Crippen molar-refractivity contribution in [3.8, 4) is 0 Å². The average molecular weight is 316 g/mol. The first-order valence-corrected chi connectivity index (χ1v) is 7.74. The van der Waals surface area contributed by atoms with E-state index in [9.17, 15) is 13.2 Å². The number of benzene rings is 1. The summed E-state index contributed by atoms with van der Waals surface area (Å²) in [4.78, 5) is 0. The van der Waals surface area contributed by atoms with Gasteiger partial charge in [0.15, 0.2) is 11.9 Å². The van der Waals surface area contributed by atoms with Gasteiger partial charge in [-0.15, -0.1) is 0 Å². The van der Waals surface area contributed by atoms with E-state index in [0.717, 1.165) is 25.3 Å². The number of hydrogen-bond acceptors (Lipinski definition) is 2. The maximum atomic E-state index is 13.6. The van der Waals surface area contributed by atoms with E-state index >= 15 is 0 Å². The Kier molecular flexibility index (Phi) is 5.17. The maximum Gasteiger partial charge on any atom is 0.421 e. The minimum absolute atomic E-state index is 0.113. The zero-order chi connectivity index (χ0) is 16.4. The van der Waals surface area contributed by atoms with E-state index in [1.807, 2.05) is 0 Å². The summed E-state index contributed by atoms with van der Waals surface area (Å²) in [6, 6.07) is 6.55. The summed E-state index contributed by atoms with van der Waals surface area (Å²) < 4.78 is 51.3. The molecule has 0 aromatic heterocycles. The topological polar surface area (TPSA) is 18.5 Å². The predicted molar refractivity (Wildman–Crippen MR) is 78.6 cm³/mol. The highest BCUT2D eigenvalue weighted by atomic mass is 19.4. The van der Waals surface area contributed by atoms with E-state index in [2.05, 4.69) is 13.8 Å². The van der Waals surface area contributed by atoms with Crippen molar-refractivity contribution in [2.45, 2.75) is 64.0 Å². The molecule has 1 heterocycles. The lowest BCUT2D eigenvalue weighted by Gasteiger charge is -2.34. The third-order valence-electron chi connectivity index (χ3n) is 4.44. The Labute approximate surface area is 129 Å². The van der Waals surface area contributed by atoms with E-state index in [0.29, 0.717) is 18.9 Å². The molecule has 1 saturated heterocycles. The fourth-order valence-electron chi connectivity index (χ4n) is 2.57. The normalized spacial score (nSPS) is 23.3. The first kappa shape index (κ1) is 17.3. The Bertz CT molecular complexity index is 478. The summed E-state index contributed by atoms with van der Waals surface area (Å²) in [5.41, 5.74) is -1.20. The van der Waals surface area contributed by atoms with Gasteiger partial charge in [-0.25, -0.2) is 0 Å². The standard InChI is InChI=1S/C17H23F3O2/c1-4-12(2)13-7-9-14(10-8-13)16(3,17(18,19)20)22-15-6-5-11-21-15/h7-10,12,15H,4-6,11H2,1-3H3. The average Bonchev–Trinajstić information content (AvgIpc) is 2.98. The van der Waals surface area contributed by atoms with Crippen molar-refractivity contribution < 1.29 is 22.6 Å². The number of rotatable bonds is 5. The van der Waals surface area contributed by atoms with Crippen molar-refractivity contribution in [2.24, 2.45) is 0 Å². The molecule has 0 bridgehead atoms. The van der Waals surface area contributed by atoms with Crippen LogP contribution in [-0.4, -0.2) is 19.1 Å². The molecule has 0 radical (unpaired) electrons. The van der Waals surface area contributed by atoms with E-state index in [1.54, 1.807) is 12.1 Å². The van der Waals surface area contributed by atoms with Gasteiger partial charge < -0.3 is 9.47 Å². The van der Waals surface area contributed by atoms with Gasteiger partial charge in [0.2, 0.25) is 0 Å². The molecule has 0 aliphatic carbocycles. The second-order valence-electron chi connectivity index (χ2n) is 6.02. The van der Waals surface area contributed by atoms with Crippen LogP contribution in [0.15, 0.2) is 24.3 Å². The maximum absolute atomic E-state index is 13.6. The minimum Gasteiger partial charge on any atom is -0.353 e. The number of halogens is 3. The summed E-state index contributed by atoms with van der Waals surface area (Å²) in [6.45, 7) is 5.64. The molecule has 22 heavy (non-hydrogen) atoms. The fourth-order valence-corrected chi connectivity index (χ4v) is 2.57. The number of alkyl halides is 3. The molecule has 2 nitrogen and oxygen atoms in total. The van der Waals surface area contributed by atoms with Gasteiger partial charge >= 0.3 is 6.18 Å². The van der Waals surface area contributed by atoms with Crippen molar-refractivity contribution in [1.82, 2.24) is 0 Å². The van der Waals surface area contributed by atoms with Crippen LogP contribution in [0, 0.1) is 0 Å². The lowest BCUT2D eigenvalue weighted by molar-refractivity contribution is -0.318. The highest BCUT2D eigenvalue weighted by Crippen LogP contribution is 2.44. The smallest absolute Gasteiger partial charge is 0.353 e. The third-order valence-corrected chi connectivity index (χ3v) is 4.44. The summed E-state index contributed by atoms with van der Waals surface area (Å²) in [6.07, 6.45) is -3.12. The van der Waals surface area contributed by atoms with E-state index in [4.69, 9.17) is 9.47 Å². The minimum atomic E-state index is -4.50. The molecule has 3 unspecified atom stereocenters. The highest BCUT2D eigenvalue weighted by molar-refractivity contribution is 5.30. The van der Waals surface area contributed by atoms with E-state index in [1.165, 1.54) is 12.1 Å². The van der Waals surface area contributed by atoms with Crippen LogP contribution in [0.25, 0.3) is 0 Å². The molecule has 3 atom stereocenters. The first-order chi connectivity index (χ1) is 10.3. The van der Waals surface area contributed by atoms with Crippen LogP contribution in [-0.2, 0) is 15.1 Å². The van der Waals surface area contributed by atoms with Gasteiger partial charge in [-0.05, 0) is 36.8 Å². The number of ether oxygens (including phenoxy) is 2. The monoisotopic (exact) mass is 316 g/mol. The van der Waals surface area contributed by atoms with Crippen molar-refractivity contribution >= 4 is 0 Å². The Balaban J connectivity index is 2.28. The number of hydrogen-bond donors (Lipinski definition) is 0. The van der Waals surface area contributed by atoms with Gasteiger partial charge in [0, 0.05) is 13.0 Å². The highest BCUT2D eigenvalue weighted by Gasteiger charge is 2.55. The Morgan fingerprint density at radius 2 is 1.91 bits per heavy atom. The summed E-state index contributed by atoms with van der Waals surface area (Å²) >= 11 is 0. The van der Waals surface area contributed by atoms with Crippen LogP contribution in [0.4, 0.5) is 13.2 Å². The van der Waals surface area contributed by atoms with Crippen LogP contribution in [0.1, 0.15) is 57.1 Å². The quantitative estimate of drug-likeness (QED) is 0.749. The van der Waals surface area contributed by atoms with Crippen LogP contribution < -0.4 is 0 Å². The van der Waals surface area contributed by atoms with Gasteiger partial charge in [-0.2, -0.15) is 13.2 Å². The molecule has 1 fully saturated rings. The van der Waals surface area contributed by atoms with Gasteiger partial charge in [0.1, 0.15) is 0 Å². The van der Waals surface area contributed by atoms with Crippen LogP contribution in [0.2, 0.25) is 0 Å². The van der Waals surface area contributed by atoms with Crippen LogP contribution in [0.3, 0.4) is 0 Å². The largest absolute Gasteiger partial charge is 0.421 e. The summed E-state index contributed by atoms with van der Waals surface area (Å²) in [7, 11) is 0. The lowest BCUT2D eigenvalue weighted by Crippen LogP contribution is -2.44. The zero-order valence-electron chi connectivity index (χ0n) is 13.2. The first-order valence-electron chi connectivity index (χ1n) is 7.74. The van der Waals surface area contributed by atoms with Crippen molar-refractivity contribution in [3.63, 3.8) is 0 Å². The lowest BCUT2D eigenvalue weighted by atomic mass is 9.91. The SMILES string of the molecule is CCC(C)c1ccc(C(C)(OC2CCCO2)C(F)(F)F)cc1. The molecule has 1 aromatic carbocycles. The summed E-state index contributed by atoms with van der Waals surface area (Å²) in [5.74, 6) is 0.324. The Morgan fingerprint density at radius 1 is 1.27 bits per heavy atom. The predicted octanol–water partition coefficient (Wildman–Crippen LogP) is 5.13. The second kappa shape index (κ2) is 6.59. The van der Waals surface area contributed by atoms with Crippen molar-refractivity contribution in [1.29, 1.82) is 0 Å². The summed E-state index contributed by atoms with van der Waals surface area (Å²) in [5, 5.41) is 0. The molecular weight excluding hydrogens is 293 g/mol. The van der Waals surface area contributed by atoms with Crippen molar-refractivity contribution in [2.75, 3.05) is 6.61 Å². The molecule has 0 N–H and O–H groups in total. The molecule has 1 aliphatic rings. The molecule has 0 amide bonds. The van der Waals surface area contributed by atoms with Gasteiger partial charge in [0.25, 0.3) is 0 Å².